The number of hydrogen-bond donors (Lipinski definition) is 2. The standard InChI is InChI=1S/C22H25BrN4O2/c23-19-9-5-4-8-18(19)20(28)24-12-15-26-13-10-22(11-14-26)21(29)25-16-27(22)17-6-2-1-3-7-17/h1-9H,10-16H2,(H,24,28)(H,25,29). The fourth-order valence-electron chi connectivity index (χ4n) is 4.25. The molecule has 2 aromatic rings. The molecule has 0 radical (unpaired) electrons. The molecule has 0 atom stereocenters. The van der Waals surface area contributed by atoms with Crippen LogP contribution in [0.2, 0.25) is 0 Å². The molecule has 6 nitrogen and oxygen atoms in total. The van der Waals surface area contributed by atoms with E-state index in [0.29, 0.717) is 18.8 Å². The molecule has 0 saturated carbocycles. The zero-order valence-corrected chi connectivity index (χ0v) is 17.8. The van der Waals surface area contributed by atoms with Crippen LogP contribution in [-0.4, -0.2) is 55.1 Å². The zero-order chi connectivity index (χ0) is 20.3. The molecule has 2 amide bonds. The minimum absolute atomic E-state index is 0.0728. The van der Waals surface area contributed by atoms with Crippen molar-refractivity contribution in [1.29, 1.82) is 0 Å². The van der Waals surface area contributed by atoms with Crippen molar-refractivity contribution in [3.8, 4) is 0 Å². The average Bonchev–Trinajstić information content (AvgIpc) is 3.06. The van der Waals surface area contributed by atoms with Crippen LogP contribution in [0.15, 0.2) is 59.1 Å². The van der Waals surface area contributed by atoms with E-state index in [1.165, 1.54) is 0 Å². The smallest absolute Gasteiger partial charge is 0.252 e. The minimum Gasteiger partial charge on any atom is -0.351 e. The SMILES string of the molecule is O=C(NCCN1CCC2(CC1)C(=O)NCN2c1ccccc1)c1ccccc1Br. The van der Waals surface area contributed by atoms with Crippen molar-refractivity contribution in [3.63, 3.8) is 0 Å². The van der Waals surface area contributed by atoms with E-state index in [4.69, 9.17) is 0 Å². The van der Waals surface area contributed by atoms with Crippen LogP contribution in [0.5, 0.6) is 0 Å². The highest BCUT2D eigenvalue weighted by atomic mass is 79.9. The minimum atomic E-state index is -0.462. The van der Waals surface area contributed by atoms with Gasteiger partial charge >= 0.3 is 0 Å². The second kappa shape index (κ2) is 8.55. The summed E-state index contributed by atoms with van der Waals surface area (Å²) in [7, 11) is 0. The van der Waals surface area contributed by atoms with Gasteiger partial charge < -0.3 is 20.4 Å². The molecule has 0 bridgehead atoms. The lowest BCUT2D eigenvalue weighted by Gasteiger charge is -2.43. The number of benzene rings is 2. The molecule has 2 fully saturated rings. The first-order valence-electron chi connectivity index (χ1n) is 9.96. The van der Waals surface area contributed by atoms with Crippen LogP contribution in [0.25, 0.3) is 0 Å². The Bertz CT molecular complexity index is 881. The van der Waals surface area contributed by atoms with E-state index in [-0.39, 0.29) is 11.8 Å². The predicted molar refractivity (Wildman–Crippen MR) is 117 cm³/mol. The lowest BCUT2D eigenvalue weighted by Crippen LogP contribution is -2.57. The van der Waals surface area contributed by atoms with Gasteiger partial charge in [-0.05, 0) is 53.0 Å². The van der Waals surface area contributed by atoms with Gasteiger partial charge in [0.2, 0.25) is 5.91 Å². The summed E-state index contributed by atoms with van der Waals surface area (Å²) in [5.41, 5.74) is 1.27. The van der Waals surface area contributed by atoms with Crippen molar-refractivity contribution in [3.05, 3.63) is 64.6 Å². The number of likely N-dealkylation sites (tertiary alicyclic amines) is 1. The Morgan fingerprint density at radius 2 is 1.76 bits per heavy atom. The lowest BCUT2D eigenvalue weighted by atomic mass is 9.85. The number of hydrogen-bond acceptors (Lipinski definition) is 4. The summed E-state index contributed by atoms with van der Waals surface area (Å²) >= 11 is 3.42. The molecule has 2 aliphatic rings. The fourth-order valence-corrected chi connectivity index (χ4v) is 4.71. The van der Waals surface area contributed by atoms with Gasteiger partial charge in [-0.1, -0.05) is 30.3 Å². The first kappa shape index (κ1) is 19.9. The highest BCUT2D eigenvalue weighted by Crippen LogP contribution is 2.35. The molecule has 0 unspecified atom stereocenters. The van der Waals surface area contributed by atoms with Crippen molar-refractivity contribution in [1.82, 2.24) is 15.5 Å². The van der Waals surface area contributed by atoms with Gasteiger partial charge in [0.1, 0.15) is 5.54 Å². The maximum absolute atomic E-state index is 12.7. The number of carbonyl (C=O) groups is 2. The molecule has 152 valence electrons. The molecular weight excluding hydrogens is 432 g/mol. The average molecular weight is 457 g/mol. The quantitative estimate of drug-likeness (QED) is 0.725. The maximum atomic E-state index is 12.7. The summed E-state index contributed by atoms with van der Waals surface area (Å²) in [6, 6.07) is 17.6. The zero-order valence-electron chi connectivity index (χ0n) is 16.2. The number of anilines is 1. The number of halogens is 1. The highest BCUT2D eigenvalue weighted by molar-refractivity contribution is 9.10. The Kier molecular flexibility index (Phi) is 5.87. The van der Waals surface area contributed by atoms with Crippen LogP contribution in [0, 0.1) is 0 Å². The number of nitrogens with zero attached hydrogens (tertiary/aromatic N) is 2. The summed E-state index contributed by atoms with van der Waals surface area (Å²) in [4.78, 5) is 29.6. The van der Waals surface area contributed by atoms with Crippen molar-refractivity contribution >= 4 is 33.4 Å². The van der Waals surface area contributed by atoms with Crippen molar-refractivity contribution in [2.24, 2.45) is 0 Å². The van der Waals surface area contributed by atoms with Crippen LogP contribution in [0.1, 0.15) is 23.2 Å². The Morgan fingerprint density at radius 3 is 2.48 bits per heavy atom. The molecule has 7 heteroatoms. The second-order valence-corrected chi connectivity index (χ2v) is 8.39. The number of rotatable bonds is 5. The van der Waals surface area contributed by atoms with Crippen LogP contribution < -0.4 is 15.5 Å². The molecule has 2 aliphatic heterocycles. The van der Waals surface area contributed by atoms with Crippen LogP contribution in [0.3, 0.4) is 0 Å². The third-order valence-corrected chi connectivity index (χ3v) is 6.61. The van der Waals surface area contributed by atoms with E-state index < -0.39 is 5.54 Å². The van der Waals surface area contributed by atoms with Crippen LogP contribution in [0.4, 0.5) is 5.69 Å². The molecule has 4 rings (SSSR count). The van der Waals surface area contributed by atoms with Crippen molar-refractivity contribution < 1.29 is 9.59 Å². The van der Waals surface area contributed by atoms with Crippen LogP contribution in [-0.2, 0) is 4.79 Å². The van der Waals surface area contributed by atoms with Gasteiger partial charge in [0.25, 0.3) is 5.91 Å². The van der Waals surface area contributed by atoms with E-state index in [2.05, 4.69) is 48.5 Å². The van der Waals surface area contributed by atoms with E-state index >= 15 is 0 Å². The normalized spacial score (nSPS) is 18.7. The number of piperidine rings is 1. The fraction of sp³-hybridized carbons (Fsp3) is 0.364. The first-order valence-corrected chi connectivity index (χ1v) is 10.8. The lowest BCUT2D eigenvalue weighted by molar-refractivity contribution is -0.125. The van der Waals surface area contributed by atoms with Gasteiger partial charge in [-0.2, -0.15) is 0 Å². The molecule has 2 aromatic carbocycles. The highest BCUT2D eigenvalue weighted by Gasteiger charge is 2.50. The molecule has 2 saturated heterocycles. The van der Waals surface area contributed by atoms with Gasteiger partial charge in [0.05, 0.1) is 12.2 Å². The summed E-state index contributed by atoms with van der Waals surface area (Å²) < 4.78 is 0.797. The number of amides is 2. The topological polar surface area (TPSA) is 64.7 Å². The molecular formula is C22H25BrN4O2. The second-order valence-electron chi connectivity index (χ2n) is 7.54. The molecule has 29 heavy (non-hydrogen) atoms. The number of carbonyl (C=O) groups excluding carboxylic acids is 2. The summed E-state index contributed by atoms with van der Waals surface area (Å²) in [6.07, 6.45) is 1.57. The Labute approximate surface area is 179 Å². The van der Waals surface area contributed by atoms with E-state index in [1.807, 2.05) is 36.4 Å². The number of nitrogens with one attached hydrogen (secondary N) is 2. The third-order valence-electron chi connectivity index (χ3n) is 5.92. The molecule has 1 spiro atoms. The first-order chi connectivity index (χ1) is 14.1. The predicted octanol–water partition coefficient (Wildman–Crippen LogP) is 2.61. The third kappa shape index (κ3) is 4.02. The van der Waals surface area contributed by atoms with Gasteiger partial charge in [0.15, 0.2) is 0 Å². The largest absolute Gasteiger partial charge is 0.351 e. The van der Waals surface area contributed by atoms with Gasteiger partial charge in [-0.3, -0.25) is 9.59 Å². The van der Waals surface area contributed by atoms with E-state index in [0.717, 1.165) is 42.6 Å². The maximum Gasteiger partial charge on any atom is 0.252 e. The van der Waals surface area contributed by atoms with Crippen molar-refractivity contribution in [2.45, 2.75) is 18.4 Å². The Morgan fingerprint density at radius 1 is 1.07 bits per heavy atom. The monoisotopic (exact) mass is 456 g/mol. The Balaban J connectivity index is 1.31. The summed E-state index contributed by atoms with van der Waals surface area (Å²) in [5, 5.41) is 6.02. The summed E-state index contributed by atoms with van der Waals surface area (Å²) in [5.74, 6) is 0.0552. The number of para-hydroxylation sites is 1. The van der Waals surface area contributed by atoms with Gasteiger partial charge in [-0.15, -0.1) is 0 Å². The van der Waals surface area contributed by atoms with E-state index in [1.54, 1.807) is 6.07 Å². The molecule has 0 aromatic heterocycles. The van der Waals surface area contributed by atoms with Crippen LogP contribution >= 0.6 is 15.9 Å². The van der Waals surface area contributed by atoms with Gasteiger partial charge in [0, 0.05) is 36.3 Å². The molecule has 2 heterocycles. The van der Waals surface area contributed by atoms with Gasteiger partial charge in [-0.25, -0.2) is 0 Å². The molecule has 2 N–H and O–H groups in total. The molecule has 0 aliphatic carbocycles. The Hall–Kier alpha value is -2.38. The summed E-state index contributed by atoms with van der Waals surface area (Å²) in [6.45, 7) is 3.59. The van der Waals surface area contributed by atoms with E-state index in [9.17, 15) is 9.59 Å². The van der Waals surface area contributed by atoms with Crippen molar-refractivity contribution in [2.75, 3.05) is 37.7 Å².